The first-order valence-corrected chi connectivity index (χ1v) is 9.19. The highest BCUT2D eigenvalue weighted by atomic mass is 16.2. The van der Waals surface area contributed by atoms with E-state index >= 15 is 0 Å². The maximum absolute atomic E-state index is 12.8. The summed E-state index contributed by atoms with van der Waals surface area (Å²) in [7, 11) is 0. The highest BCUT2D eigenvalue weighted by Gasteiger charge is 2.24. The van der Waals surface area contributed by atoms with Crippen molar-refractivity contribution in [2.75, 3.05) is 5.32 Å². The Balaban J connectivity index is 1.56. The van der Waals surface area contributed by atoms with Crippen LogP contribution < -0.4 is 10.6 Å². The van der Waals surface area contributed by atoms with E-state index in [1.807, 2.05) is 37.3 Å². The Bertz CT molecular complexity index is 1030. The van der Waals surface area contributed by atoms with Gasteiger partial charge in [0.2, 0.25) is 0 Å². The van der Waals surface area contributed by atoms with Crippen LogP contribution in [-0.2, 0) is 0 Å². The SMILES string of the molecule is Cc1ccc(-c2ccncc2NC(=O)c2ccnc(C(=O)NC3CC3)c2)cc1. The van der Waals surface area contributed by atoms with Crippen LogP contribution in [0, 0.1) is 6.92 Å². The van der Waals surface area contributed by atoms with Crippen molar-refractivity contribution in [1.29, 1.82) is 0 Å². The molecule has 0 radical (unpaired) electrons. The molecule has 0 saturated heterocycles. The van der Waals surface area contributed by atoms with Crippen molar-refractivity contribution in [3.05, 3.63) is 77.9 Å². The number of amides is 2. The first-order valence-electron chi connectivity index (χ1n) is 9.19. The van der Waals surface area contributed by atoms with Gasteiger partial charge in [-0.1, -0.05) is 29.8 Å². The quantitative estimate of drug-likeness (QED) is 0.717. The Morgan fingerprint density at radius 2 is 1.79 bits per heavy atom. The third-order valence-corrected chi connectivity index (χ3v) is 4.60. The molecule has 0 atom stereocenters. The van der Waals surface area contributed by atoms with Gasteiger partial charge in [-0.25, -0.2) is 0 Å². The van der Waals surface area contributed by atoms with E-state index < -0.39 is 0 Å². The molecule has 2 heterocycles. The lowest BCUT2D eigenvalue weighted by molar-refractivity contribution is 0.0946. The molecule has 0 bridgehead atoms. The molecule has 1 saturated carbocycles. The lowest BCUT2D eigenvalue weighted by Gasteiger charge is -2.11. The third-order valence-electron chi connectivity index (χ3n) is 4.60. The molecular formula is C22H20N4O2. The zero-order chi connectivity index (χ0) is 19.5. The highest BCUT2D eigenvalue weighted by Crippen LogP contribution is 2.27. The van der Waals surface area contributed by atoms with Gasteiger partial charge in [-0.15, -0.1) is 0 Å². The van der Waals surface area contributed by atoms with Crippen molar-refractivity contribution in [1.82, 2.24) is 15.3 Å². The lowest BCUT2D eigenvalue weighted by Crippen LogP contribution is -2.26. The van der Waals surface area contributed by atoms with Crippen LogP contribution in [-0.4, -0.2) is 27.8 Å². The Kier molecular flexibility index (Phi) is 4.85. The molecule has 6 heteroatoms. The zero-order valence-corrected chi connectivity index (χ0v) is 15.5. The summed E-state index contributed by atoms with van der Waals surface area (Å²) in [5.41, 5.74) is 4.25. The molecule has 28 heavy (non-hydrogen) atoms. The Morgan fingerprint density at radius 1 is 1.00 bits per heavy atom. The molecule has 140 valence electrons. The second-order valence-corrected chi connectivity index (χ2v) is 6.92. The molecule has 0 spiro atoms. The summed E-state index contributed by atoms with van der Waals surface area (Å²) in [6.45, 7) is 2.03. The van der Waals surface area contributed by atoms with E-state index in [0.717, 1.165) is 29.5 Å². The van der Waals surface area contributed by atoms with Crippen molar-refractivity contribution in [3.8, 4) is 11.1 Å². The van der Waals surface area contributed by atoms with E-state index in [1.165, 1.54) is 12.3 Å². The number of anilines is 1. The number of carbonyl (C=O) groups excluding carboxylic acids is 2. The number of benzene rings is 1. The van der Waals surface area contributed by atoms with Gasteiger partial charge in [0.25, 0.3) is 11.8 Å². The Labute approximate surface area is 163 Å². The Morgan fingerprint density at radius 3 is 2.54 bits per heavy atom. The molecule has 0 unspecified atom stereocenters. The summed E-state index contributed by atoms with van der Waals surface area (Å²) in [6, 6.07) is 13.3. The lowest BCUT2D eigenvalue weighted by atomic mass is 10.0. The average Bonchev–Trinajstić information content (AvgIpc) is 3.53. The van der Waals surface area contributed by atoms with Crippen molar-refractivity contribution in [2.24, 2.45) is 0 Å². The maximum Gasteiger partial charge on any atom is 0.270 e. The summed E-state index contributed by atoms with van der Waals surface area (Å²) >= 11 is 0. The van der Waals surface area contributed by atoms with Crippen LogP contribution in [0.2, 0.25) is 0 Å². The fourth-order valence-electron chi connectivity index (χ4n) is 2.86. The maximum atomic E-state index is 12.8. The number of aryl methyl sites for hydroxylation is 1. The summed E-state index contributed by atoms with van der Waals surface area (Å²) in [4.78, 5) is 33.2. The minimum Gasteiger partial charge on any atom is -0.348 e. The van der Waals surface area contributed by atoms with Gasteiger partial charge >= 0.3 is 0 Å². The van der Waals surface area contributed by atoms with E-state index in [1.54, 1.807) is 18.5 Å². The molecule has 2 aromatic heterocycles. The standard InChI is InChI=1S/C22H20N4O2/c1-14-2-4-15(5-3-14)18-9-10-23-13-20(18)26-21(27)16-8-11-24-19(12-16)22(28)25-17-6-7-17/h2-5,8-13,17H,6-7H2,1H3,(H,25,28)(H,26,27). The molecule has 3 aromatic rings. The van der Waals surface area contributed by atoms with E-state index in [0.29, 0.717) is 11.3 Å². The van der Waals surface area contributed by atoms with Gasteiger partial charge in [0.1, 0.15) is 5.69 Å². The number of pyridine rings is 2. The molecule has 1 fully saturated rings. The van der Waals surface area contributed by atoms with Gasteiger partial charge in [-0.05, 0) is 43.5 Å². The first-order chi connectivity index (χ1) is 13.6. The van der Waals surface area contributed by atoms with Crippen LogP contribution in [0.25, 0.3) is 11.1 Å². The predicted molar refractivity (Wildman–Crippen MR) is 107 cm³/mol. The fraction of sp³-hybridized carbons (Fsp3) is 0.182. The first kappa shape index (κ1) is 17.9. The largest absolute Gasteiger partial charge is 0.348 e. The van der Waals surface area contributed by atoms with Gasteiger partial charge in [0, 0.05) is 29.6 Å². The van der Waals surface area contributed by atoms with Crippen LogP contribution in [0.5, 0.6) is 0 Å². The van der Waals surface area contributed by atoms with Crippen molar-refractivity contribution in [3.63, 3.8) is 0 Å². The average molecular weight is 372 g/mol. The molecule has 1 aromatic carbocycles. The van der Waals surface area contributed by atoms with Crippen LogP contribution in [0.15, 0.2) is 61.1 Å². The normalized spacial score (nSPS) is 13.0. The molecule has 2 amide bonds. The van der Waals surface area contributed by atoms with Crippen LogP contribution in [0.4, 0.5) is 5.69 Å². The van der Waals surface area contributed by atoms with Crippen LogP contribution in [0.3, 0.4) is 0 Å². The number of rotatable bonds is 5. The second kappa shape index (κ2) is 7.60. The minimum atomic E-state index is -0.316. The van der Waals surface area contributed by atoms with Gasteiger partial charge in [0.15, 0.2) is 0 Å². The van der Waals surface area contributed by atoms with Gasteiger partial charge in [-0.2, -0.15) is 0 Å². The number of carbonyl (C=O) groups is 2. The molecule has 1 aliphatic rings. The molecule has 4 rings (SSSR count). The summed E-state index contributed by atoms with van der Waals surface area (Å²) < 4.78 is 0. The molecule has 0 aliphatic heterocycles. The van der Waals surface area contributed by atoms with E-state index in [2.05, 4.69) is 20.6 Å². The molecule has 1 aliphatic carbocycles. The second-order valence-electron chi connectivity index (χ2n) is 6.92. The summed E-state index contributed by atoms with van der Waals surface area (Å²) in [6.07, 6.45) is 6.77. The topological polar surface area (TPSA) is 84.0 Å². The van der Waals surface area contributed by atoms with Crippen LogP contribution >= 0.6 is 0 Å². The minimum absolute atomic E-state index is 0.235. The van der Waals surface area contributed by atoms with E-state index in [4.69, 9.17) is 0 Å². The monoisotopic (exact) mass is 372 g/mol. The van der Waals surface area contributed by atoms with E-state index in [9.17, 15) is 9.59 Å². The molecular weight excluding hydrogens is 352 g/mol. The predicted octanol–water partition coefficient (Wildman–Crippen LogP) is 3.60. The van der Waals surface area contributed by atoms with E-state index in [-0.39, 0.29) is 23.6 Å². The van der Waals surface area contributed by atoms with Crippen molar-refractivity contribution < 1.29 is 9.59 Å². The number of hydrogen-bond acceptors (Lipinski definition) is 4. The highest BCUT2D eigenvalue weighted by molar-refractivity contribution is 6.07. The zero-order valence-electron chi connectivity index (χ0n) is 15.5. The van der Waals surface area contributed by atoms with Gasteiger partial charge < -0.3 is 10.6 Å². The number of hydrogen-bond donors (Lipinski definition) is 2. The number of aromatic nitrogens is 2. The van der Waals surface area contributed by atoms with Crippen molar-refractivity contribution >= 4 is 17.5 Å². The fourth-order valence-corrected chi connectivity index (χ4v) is 2.86. The third kappa shape index (κ3) is 4.06. The van der Waals surface area contributed by atoms with Gasteiger partial charge in [0.05, 0.1) is 11.9 Å². The Hall–Kier alpha value is -3.54. The number of nitrogens with one attached hydrogen (secondary N) is 2. The smallest absolute Gasteiger partial charge is 0.270 e. The van der Waals surface area contributed by atoms with Crippen molar-refractivity contribution in [2.45, 2.75) is 25.8 Å². The van der Waals surface area contributed by atoms with Crippen LogP contribution in [0.1, 0.15) is 39.3 Å². The number of nitrogens with zero attached hydrogens (tertiary/aromatic N) is 2. The van der Waals surface area contributed by atoms with Gasteiger partial charge in [-0.3, -0.25) is 19.6 Å². The summed E-state index contributed by atoms with van der Waals surface area (Å²) in [5.74, 6) is -0.567. The summed E-state index contributed by atoms with van der Waals surface area (Å²) in [5, 5.41) is 5.78. The molecule has 2 N–H and O–H groups in total. The molecule has 6 nitrogen and oxygen atoms in total.